The first-order chi connectivity index (χ1) is 6.79. The number of rotatable bonds is 3. The predicted octanol–water partition coefficient (Wildman–Crippen LogP) is 3.14. The fourth-order valence-corrected chi connectivity index (χ4v) is 1.70. The molecule has 1 fully saturated rings. The summed E-state index contributed by atoms with van der Waals surface area (Å²) in [5, 5.41) is 12.2. The number of nitrogens with one attached hydrogen (secondary N) is 1. The zero-order valence-corrected chi connectivity index (χ0v) is 9.34. The lowest BCUT2D eigenvalue weighted by molar-refractivity contribution is 0.889. The van der Waals surface area contributed by atoms with Gasteiger partial charge in [-0.3, -0.25) is 0 Å². The molecule has 1 aromatic carbocycles. The summed E-state index contributed by atoms with van der Waals surface area (Å²) in [6.45, 7) is 0.991. The molecule has 2 nitrogen and oxygen atoms in total. The first-order valence-corrected chi connectivity index (χ1v) is 5.52. The van der Waals surface area contributed by atoms with E-state index in [1.165, 1.54) is 12.8 Å². The minimum atomic E-state index is 0.717. The maximum atomic E-state index is 8.88. The van der Waals surface area contributed by atoms with Crippen LogP contribution < -0.4 is 5.32 Å². The Morgan fingerprint density at radius 3 is 2.93 bits per heavy atom. The average Bonchev–Trinajstić information content (AvgIpc) is 2.98. The summed E-state index contributed by atoms with van der Waals surface area (Å²) in [6.07, 6.45) is 2.64. The van der Waals surface area contributed by atoms with Crippen LogP contribution in [-0.4, -0.2) is 6.54 Å². The Labute approximate surface area is 92.1 Å². The molecule has 0 aliphatic heterocycles. The van der Waals surface area contributed by atoms with Gasteiger partial charge in [0.2, 0.25) is 0 Å². The van der Waals surface area contributed by atoms with Crippen molar-refractivity contribution in [2.45, 2.75) is 12.8 Å². The van der Waals surface area contributed by atoms with E-state index in [-0.39, 0.29) is 0 Å². The molecule has 72 valence electrons. The van der Waals surface area contributed by atoms with Crippen LogP contribution in [0.25, 0.3) is 0 Å². The maximum Gasteiger partial charge on any atom is 0.101 e. The third-order valence-electron chi connectivity index (χ3n) is 2.38. The summed E-state index contributed by atoms with van der Waals surface area (Å²) in [4.78, 5) is 0. The highest BCUT2D eigenvalue weighted by molar-refractivity contribution is 9.10. The molecule has 1 aliphatic carbocycles. The zero-order chi connectivity index (χ0) is 9.97. The van der Waals surface area contributed by atoms with Crippen molar-refractivity contribution in [2.75, 3.05) is 11.9 Å². The van der Waals surface area contributed by atoms with Crippen LogP contribution in [0.4, 0.5) is 5.69 Å². The quantitative estimate of drug-likeness (QED) is 0.895. The fraction of sp³-hybridized carbons (Fsp3) is 0.364. The minimum Gasteiger partial charge on any atom is -0.384 e. The van der Waals surface area contributed by atoms with E-state index in [4.69, 9.17) is 5.26 Å². The Hall–Kier alpha value is -1.01. The SMILES string of the molecule is N#Cc1ccc(Br)cc1NCC1CC1. The molecule has 14 heavy (non-hydrogen) atoms. The van der Waals surface area contributed by atoms with Crippen LogP contribution in [0.5, 0.6) is 0 Å². The minimum absolute atomic E-state index is 0.717. The topological polar surface area (TPSA) is 35.8 Å². The Balaban J connectivity index is 2.12. The van der Waals surface area contributed by atoms with Crippen LogP contribution in [0, 0.1) is 17.2 Å². The lowest BCUT2D eigenvalue weighted by atomic mass is 10.2. The highest BCUT2D eigenvalue weighted by Crippen LogP contribution is 2.30. The highest BCUT2D eigenvalue weighted by Gasteiger charge is 2.20. The second-order valence-corrected chi connectivity index (χ2v) is 4.54. The molecule has 2 rings (SSSR count). The Morgan fingerprint density at radius 1 is 1.50 bits per heavy atom. The van der Waals surface area contributed by atoms with Gasteiger partial charge in [0.15, 0.2) is 0 Å². The largest absolute Gasteiger partial charge is 0.384 e. The third kappa shape index (κ3) is 2.27. The molecule has 0 spiro atoms. The van der Waals surface area contributed by atoms with E-state index in [1.807, 2.05) is 18.2 Å². The maximum absolute atomic E-state index is 8.88. The smallest absolute Gasteiger partial charge is 0.101 e. The molecule has 0 unspecified atom stereocenters. The van der Waals surface area contributed by atoms with Crippen LogP contribution in [-0.2, 0) is 0 Å². The summed E-state index contributed by atoms with van der Waals surface area (Å²) in [5.41, 5.74) is 1.66. The number of hydrogen-bond acceptors (Lipinski definition) is 2. The number of nitriles is 1. The summed E-state index contributed by atoms with van der Waals surface area (Å²) >= 11 is 3.40. The van der Waals surface area contributed by atoms with Gasteiger partial charge < -0.3 is 5.32 Å². The van der Waals surface area contributed by atoms with E-state index in [1.54, 1.807) is 0 Å². The van der Waals surface area contributed by atoms with Crippen molar-refractivity contribution in [2.24, 2.45) is 5.92 Å². The van der Waals surface area contributed by atoms with E-state index in [2.05, 4.69) is 27.3 Å². The first kappa shape index (κ1) is 9.54. The average molecular weight is 251 g/mol. The van der Waals surface area contributed by atoms with Gasteiger partial charge in [-0.1, -0.05) is 15.9 Å². The Bertz CT molecular complexity index is 377. The molecule has 0 bridgehead atoms. The van der Waals surface area contributed by atoms with Crippen molar-refractivity contribution in [3.63, 3.8) is 0 Å². The van der Waals surface area contributed by atoms with Crippen LogP contribution in [0.3, 0.4) is 0 Å². The van der Waals surface area contributed by atoms with Gasteiger partial charge in [-0.05, 0) is 37.0 Å². The standard InChI is InChI=1S/C11H11BrN2/c12-10-4-3-9(6-13)11(5-10)14-7-8-1-2-8/h3-5,8,14H,1-2,7H2. The lowest BCUT2D eigenvalue weighted by Crippen LogP contribution is -2.04. The van der Waals surface area contributed by atoms with Crippen molar-refractivity contribution >= 4 is 21.6 Å². The van der Waals surface area contributed by atoms with Crippen LogP contribution in [0.1, 0.15) is 18.4 Å². The molecule has 0 heterocycles. The van der Waals surface area contributed by atoms with Crippen LogP contribution >= 0.6 is 15.9 Å². The number of nitrogens with zero attached hydrogens (tertiary/aromatic N) is 1. The molecule has 1 aliphatic rings. The van der Waals surface area contributed by atoms with Crippen molar-refractivity contribution in [3.8, 4) is 6.07 Å². The van der Waals surface area contributed by atoms with Gasteiger partial charge >= 0.3 is 0 Å². The van der Waals surface area contributed by atoms with Crippen molar-refractivity contribution in [3.05, 3.63) is 28.2 Å². The molecule has 1 aromatic rings. The second-order valence-electron chi connectivity index (χ2n) is 3.63. The van der Waals surface area contributed by atoms with Gasteiger partial charge in [0.25, 0.3) is 0 Å². The lowest BCUT2D eigenvalue weighted by Gasteiger charge is -2.07. The van der Waals surface area contributed by atoms with Crippen molar-refractivity contribution in [1.82, 2.24) is 0 Å². The molecule has 0 aromatic heterocycles. The Morgan fingerprint density at radius 2 is 2.29 bits per heavy atom. The molecule has 0 atom stereocenters. The predicted molar refractivity (Wildman–Crippen MR) is 60.1 cm³/mol. The molecular formula is C11H11BrN2. The summed E-state index contributed by atoms with van der Waals surface area (Å²) in [6, 6.07) is 7.87. The molecular weight excluding hydrogens is 240 g/mol. The van der Waals surface area contributed by atoms with E-state index in [9.17, 15) is 0 Å². The normalized spacial score (nSPS) is 14.9. The second kappa shape index (κ2) is 4.02. The fourth-order valence-electron chi connectivity index (χ4n) is 1.34. The van der Waals surface area contributed by atoms with E-state index >= 15 is 0 Å². The van der Waals surface area contributed by atoms with Gasteiger partial charge in [0, 0.05) is 11.0 Å². The summed E-state index contributed by atoms with van der Waals surface area (Å²) < 4.78 is 1.01. The van der Waals surface area contributed by atoms with E-state index < -0.39 is 0 Å². The van der Waals surface area contributed by atoms with Gasteiger partial charge in [-0.25, -0.2) is 0 Å². The molecule has 0 saturated heterocycles. The Kier molecular flexibility index (Phi) is 2.74. The first-order valence-electron chi connectivity index (χ1n) is 4.73. The number of hydrogen-bond donors (Lipinski definition) is 1. The van der Waals surface area contributed by atoms with Gasteiger partial charge in [-0.15, -0.1) is 0 Å². The van der Waals surface area contributed by atoms with Crippen molar-refractivity contribution < 1.29 is 0 Å². The van der Waals surface area contributed by atoms with Gasteiger partial charge in [-0.2, -0.15) is 5.26 Å². The van der Waals surface area contributed by atoms with Gasteiger partial charge in [0.05, 0.1) is 11.3 Å². The van der Waals surface area contributed by atoms with Crippen LogP contribution in [0.15, 0.2) is 22.7 Å². The molecule has 1 saturated carbocycles. The summed E-state index contributed by atoms with van der Waals surface area (Å²) in [7, 11) is 0. The zero-order valence-electron chi connectivity index (χ0n) is 7.76. The molecule has 3 heteroatoms. The number of halogens is 1. The van der Waals surface area contributed by atoms with E-state index in [0.29, 0.717) is 5.56 Å². The van der Waals surface area contributed by atoms with Crippen LogP contribution in [0.2, 0.25) is 0 Å². The van der Waals surface area contributed by atoms with E-state index in [0.717, 1.165) is 22.6 Å². The monoisotopic (exact) mass is 250 g/mol. The van der Waals surface area contributed by atoms with Crippen molar-refractivity contribution in [1.29, 1.82) is 5.26 Å². The molecule has 1 N–H and O–H groups in total. The number of benzene rings is 1. The highest BCUT2D eigenvalue weighted by atomic mass is 79.9. The third-order valence-corrected chi connectivity index (χ3v) is 2.87. The molecule has 0 radical (unpaired) electrons. The summed E-state index contributed by atoms with van der Waals surface area (Å²) in [5.74, 6) is 0.820. The molecule has 0 amide bonds. The van der Waals surface area contributed by atoms with Gasteiger partial charge in [0.1, 0.15) is 6.07 Å². The number of anilines is 1.